The molecule has 0 spiro atoms. The predicted octanol–water partition coefficient (Wildman–Crippen LogP) is 2.08. The van der Waals surface area contributed by atoms with Crippen molar-refractivity contribution in [3.63, 3.8) is 0 Å². The molecule has 0 bridgehead atoms. The summed E-state index contributed by atoms with van der Waals surface area (Å²) in [7, 11) is 1.90. The van der Waals surface area contributed by atoms with Crippen molar-refractivity contribution in [1.29, 1.82) is 0 Å². The molecule has 0 radical (unpaired) electrons. The highest BCUT2D eigenvalue weighted by Gasteiger charge is 2.02. The largest absolute Gasteiger partial charge is 0.377 e. The van der Waals surface area contributed by atoms with Crippen LogP contribution in [-0.2, 0) is 7.05 Å². The molecule has 2 aromatic rings. The number of aryl methyl sites for hydroxylation is 2. The predicted molar refractivity (Wildman–Crippen MR) is 39.9 cm³/mol. The third kappa shape index (κ3) is 0.588. The van der Waals surface area contributed by atoms with Crippen LogP contribution in [0.15, 0.2) is 22.7 Å². The highest BCUT2D eigenvalue weighted by Crippen LogP contribution is 2.17. The molecule has 2 heteroatoms. The lowest BCUT2D eigenvalue weighted by Gasteiger charge is -2.08. The molecule has 10 heavy (non-hydrogen) atoms. The van der Waals surface area contributed by atoms with Gasteiger partial charge in [0.2, 0.25) is 0 Å². The summed E-state index contributed by atoms with van der Waals surface area (Å²) in [5.74, 6) is 0. The van der Waals surface area contributed by atoms with E-state index in [1.54, 1.807) is 4.74 Å². The molecule has 2 rings (SSSR count). The van der Waals surface area contributed by atoms with Crippen LogP contribution in [0.1, 0.15) is 5.56 Å². The van der Waals surface area contributed by atoms with Crippen molar-refractivity contribution in [3.05, 3.63) is 23.8 Å². The summed E-state index contributed by atoms with van der Waals surface area (Å²) < 4.78 is 6.94. The fourth-order valence-corrected chi connectivity index (χ4v) is 1.11. The number of rotatable bonds is 0. The van der Waals surface area contributed by atoms with E-state index in [1.807, 2.05) is 19.2 Å². The molecule has 52 valence electrons. The zero-order chi connectivity index (χ0) is 7.14. The van der Waals surface area contributed by atoms with Gasteiger partial charge in [-0.25, -0.2) is 4.74 Å². The molecule has 0 aliphatic rings. The van der Waals surface area contributed by atoms with Gasteiger partial charge in [0.1, 0.15) is 5.52 Å². The summed E-state index contributed by atoms with van der Waals surface area (Å²) in [5, 5.41) is 0. The van der Waals surface area contributed by atoms with Crippen LogP contribution in [0.4, 0.5) is 0 Å². The van der Waals surface area contributed by atoms with Crippen molar-refractivity contribution in [2.45, 2.75) is 6.92 Å². The van der Waals surface area contributed by atoms with Crippen LogP contribution in [0.5, 0.6) is 0 Å². The second-order valence-electron chi connectivity index (χ2n) is 2.56. The van der Waals surface area contributed by atoms with Gasteiger partial charge >= 0.3 is 0 Å². The normalized spacial score (nSPS) is 11.0. The Morgan fingerprint density at radius 1 is 1.40 bits per heavy atom. The molecule has 2 nitrogen and oxygen atoms in total. The third-order valence-electron chi connectivity index (χ3n) is 1.69. The molecule has 0 atom stereocenters. The quantitative estimate of drug-likeness (QED) is 0.540. The molecule has 0 unspecified atom stereocenters. The van der Waals surface area contributed by atoms with Crippen LogP contribution in [0.25, 0.3) is 11.1 Å². The Labute approximate surface area is 59.0 Å². The molecule has 0 aliphatic carbocycles. The van der Waals surface area contributed by atoms with Crippen LogP contribution in [0.3, 0.4) is 0 Å². The van der Waals surface area contributed by atoms with Crippen LogP contribution in [0, 0.1) is 6.92 Å². The van der Waals surface area contributed by atoms with Crippen molar-refractivity contribution < 1.29 is 4.52 Å². The van der Waals surface area contributed by atoms with Gasteiger partial charge in [-0.2, -0.15) is 0 Å². The first kappa shape index (κ1) is 5.59. The van der Waals surface area contributed by atoms with Crippen LogP contribution in [-0.4, -0.2) is 4.74 Å². The van der Waals surface area contributed by atoms with E-state index in [1.165, 1.54) is 11.1 Å². The Balaban J connectivity index is 2.75. The molecule has 0 aliphatic heterocycles. The first-order chi connectivity index (χ1) is 4.77. The van der Waals surface area contributed by atoms with Gasteiger partial charge in [-0.05, 0) is 24.6 Å². The van der Waals surface area contributed by atoms with Crippen LogP contribution in [0.2, 0.25) is 0 Å². The van der Waals surface area contributed by atoms with E-state index in [9.17, 15) is 0 Å². The van der Waals surface area contributed by atoms with E-state index in [2.05, 4.69) is 13.0 Å². The summed E-state index contributed by atoms with van der Waals surface area (Å²) in [5.41, 5.74) is 3.43. The molecule has 0 amide bonds. The number of hydrogen-bond donors (Lipinski definition) is 0. The Morgan fingerprint density at radius 2 is 2.20 bits per heavy atom. The molecule has 1 aromatic heterocycles. The fourth-order valence-electron chi connectivity index (χ4n) is 1.11. The van der Waals surface area contributed by atoms with Crippen molar-refractivity contribution >= 4 is 11.1 Å². The molecule has 1 heterocycles. The molecule has 0 N–H and O–H groups in total. The monoisotopic (exact) mass is 135 g/mol. The van der Waals surface area contributed by atoms with E-state index in [0.717, 1.165) is 5.58 Å². The maximum atomic E-state index is 5.17. The zero-order valence-electron chi connectivity index (χ0n) is 6.09. The van der Waals surface area contributed by atoms with Gasteiger partial charge in [-0.15, -0.1) is 0 Å². The first-order valence-corrected chi connectivity index (χ1v) is 3.30. The summed E-state index contributed by atoms with van der Waals surface area (Å²) in [6.07, 6.45) is 0. The number of hydrogen-bond acceptors (Lipinski definition) is 1. The van der Waals surface area contributed by atoms with Crippen molar-refractivity contribution in [2.24, 2.45) is 7.05 Å². The summed E-state index contributed by atoms with van der Waals surface area (Å²) in [4.78, 5) is 0. The Hall–Kier alpha value is -1.18. The topological polar surface area (TPSA) is 18.1 Å². The van der Waals surface area contributed by atoms with E-state index in [4.69, 9.17) is 4.52 Å². The van der Waals surface area contributed by atoms with Gasteiger partial charge < -0.3 is 4.52 Å². The standard InChI is InChI=1S/C8H9NO/c1-6-3-4-8-7(5-6)9(2)10-8/h3-5H,1-2H3. The average Bonchev–Trinajstić information content (AvgIpc) is 1.92. The maximum absolute atomic E-state index is 5.17. The lowest BCUT2D eigenvalue weighted by molar-refractivity contribution is 0.305. The Bertz CT molecular complexity index is 352. The number of aromatic nitrogens is 1. The van der Waals surface area contributed by atoms with E-state index >= 15 is 0 Å². The zero-order valence-corrected chi connectivity index (χ0v) is 6.09. The van der Waals surface area contributed by atoms with Gasteiger partial charge in [-0.3, -0.25) is 0 Å². The molecule has 0 saturated heterocycles. The molecular weight excluding hydrogens is 126 g/mol. The number of nitrogens with zero attached hydrogens (tertiary/aromatic N) is 1. The SMILES string of the molecule is Cc1ccc2on(C)c2c1. The molecule has 0 saturated carbocycles. The van der Waals surface area contributed by atoms with Gasteiger partial charge in [0.05, 0.1) is 0 Å². The lowest BCUT2D eigenvalue weighted by Crippen LogP contribution is -1.97. The summed E-state index contributed by atoms with van der Waals surface area (Å²) in [6.45, 7) is 2.08. The second kappa shape index (κ2) is 1.66. The van der Waals surface area contributed by atoms with Crippen molar-refractivity contribution in [3.8, 4) is 0 Å². The van der Waals surface area contributed by atoms with Crippen molar-refractivity contribution in [1.82, 2.24) is 4.74 Å². The third-order valence-corrected chi connectivity index (χ3v) is 1.69. The van der Waals surface area contributed by atoms with E-state index < -0.39 is 0 Å². The summed E-state index contributed by atoms with van der Waals surface area (Å²) in [6, 6.07) is 6.15. The highest BCUT2D eigenvalue weighted by molar-refractivity contribution is 5.74. The van der Waals surface area contributed by atoms with Gasteiger partial charge in [0, 0.05) is 7.05 Å². The molecule has 0 fully saturated rings. The van der Waals surface area contributed by atoms with Gasteiger partial charge in [0.15, 0.2) is 5.58 Å². The lowest BCUT2D eigenvalue weighted by atomic mass is 10.2. The highest BCUT2D eigenvalue weighted by atomic mass is 16.5. The van der Waals surface area contributed by atoms with Gasteiger partial charge in [-0.1, -0.05) is 6.07 Å². The van der Waals surface area contributed by atoms with Crippen LogP contribution < -0.4 is 0 Å². The smallest absolute Gasteiger partial charge is 0.181 e. The van der Waals surface area contributed by atoms with E-state index in [0.29, 0.717) is 0 Å². The minimum atomic E-state index is 0.980. The first-order valence-electron chi connectivity index (χ1n) is 3.30. The fraction of sp³-hybridized carbons (Fsp3) is 0.250. The minimum Gasteiger partial charge on any atom is -0.377 e. The van der Waals surface area contributed by atoms with Gasteiger partial charge in [0.25, 0.3) is 0 Å². The van der Waals surface area contributed by atoms with E-state index in [-0.39, 0.29) is 0 Å². The maximum Gasteiger partial charge on any atom is 0.181 e. The van der Waals surface area contributed by atoms with Crippen LogP contribution >= 0.6 is 0 Å². The Morgan fingerprint density at radius 3 is 2.80 bits per heavy atom. The minimum absolute atomic E-state index is 0.980. The number of fused-ring (bicyclic) bond motifs is 1. The molecule has 1 aromatic carbocycles. The van der Waals surface area contributed by atoms with Crippen molar-refractivity contribution in [2.75, 3.05) is 0 Å². The average molecular weight is 135 g/mol. The summed E-state index contributed by atoms with van der Waals surface area (Å²) >= 11 is 0. The molecular formula is C8H9NO. The Kier molecular flexibility index (Phi) is 0.926. The second-order valence-corrected chi connectivity index (χ2v) is 2.56. The number of benzene rings is 1.